The summed E-state index contributed by atoms with van der Waals surface area (Å²) in [6.45, 7) is 1.21. The first-order valence-electron chi connectivity index (χ1n) is 13.8. The van der Waals surface area contributed by atoms with Gasteiger partial charge in [-0.3, -0.25) is 24.2 Å². The standard InChI is InChI=1S/C30H35F3N2O6/c1-40-26-16-21(6-11-25(26)41-15-14-35-27(36)12-13-28(35)37)19-34(18-20-4-2-3-5-20)24(17-29(38)39)22-7-9-23(10-8-22)30(31,32)33/h6-11,16,20,24H,2-5,12-15,17-19H2,1H3,(H,38,39). The molecule has 1 heterocycles. The predicted molar refractivity (Wildman–Crippen MR) is 143 cm³/mol. The molecule has 1 unspecified atom stereocenters. The molecule has 2 fully saturated rings. The van der Waals surface area contributed by atoms with E-state index < -0.39 is 23.8 Å². The number of carboxylic acids is 1. The van der Waals surface area contributed by atoms with Crippen LogP contribution in [0.25, 0.3) is 0 Å². The maximum absolute atomic E-state index is 13.2. The summed E-state index contributed by atoms with van der Waals surface area (Å²) in [7, 11) is 1.49. The zero-order chi connectivity index (χ0) is 29.6. The van der Waals surface area contributed by atoms with E-state index in [0.717, 1.165) is 43.4 Å². The van der Waals surface area contributed by atoms with Crippen LogP contribution in [0.3, 0.4) is 0 Å². The van der Waals surface area contributed by atoms with Crippen LogP contribution in [0.5, 0.6) is 11.5 Å². The van der Waals surface area contributed by atoms with Crippen LogP contribution in [0.4, 0.5) is 13.2 Å². The highest BCUT2D eigenvalue weighted by Crippen LogP contribution is 2.36. The SMILES string of the molecule is COc1cc(CN(CC2CCCC2)C(CC(=O)O)c2ccc(C(F)(F)F)cc2)ccc1OCCN1C(=O)CCC1=O. The summed E-state index contributed by atoms with van der Waals surface area (Å²) < 4.78 is 50.9. The number of likely N-dealkylation sites (tertiary alicyclic amines) is 1. The Morgan fingerprint density at radius 1 is 1.05 bits per heavy atom. The van der Waals surface area contributed by atoms with Crippen LogP contribution in [-0.2, 0) is 27.1 Å². The van der Waals surface area contributed by atoms with Crippen LogP contribution >= 0.6 is 0 Å². The summed E-state index contributed by atoms with van der Waals surface area (Å²) in [6.07, 6.45) is -0.0989. The Hall–Kier alpha value is -3.60. The van der Waals surface area contributed by atoms with Crippen LogP contribution in [0.1, 0.15) is 67.7 Å². The molecule has 0 radical (unpaired) electrons. The Morgan fingerprint density at radius 3 is 2.29 bits per heavy atom. The van der Waals surface area contributed by atoms with Crippen molar-refractivity contribution < 1.29 is 42.1 Å². The first kappa shape index (κ1) is 30.4. The van der Waals surface area contributed by atoms with Crippen molar-refractivity contribution in [2.75, 3.05) is 26.8 Å². The van der Waals surface area contributed by atoms with Crippen LogP contribution < -0.4 is 9.47 Å². The maximum Gasteiger partial charge on any atom is 0.416 e. The van der Waals surface area contributed by atoms with Gasteiger partial charge in [0.15, 0.2) is 11.5 Å². The fourth-order valence-electron chi connectivity index (χ4n) is 5.63. The molecule has 1 aliphatic heterocycles. The number of hydrogen-bond acceptors (Lipinski definition) is 6. The fourth-order valence-corrected chi connectivity index (χ4v) is 5.63. The number of aliphatic carboxylic acids is 1. The summed E-state index contributed by atoms with van der Waals surface area (Å²) in [4.78, 5) is 38.8. The molecule has 2 amide bonds. The second-order valence-electron chi connectivity index (χ2n) is 10.6. The molecule has 0 aromatic heterocycles. The summed E-state index contributed by atoms with van der Waals surface area (Å²) in [5.41, 5.74) is 0.548. The highest BCUT2D eigenvalue weighted by atomic mass is 19.4. The van der Waals surface area contributed by atoms with Gasteiger partial charge in [0.2, 0.25) is 11.8 Å². The number of carboxylic acid groups (broad SMARTS) is 1. The molecule has 222 valence electrons. The van der Waals surface area contributed by atoms with Gasteiger partial charge in [0.25, 0.3) is 0 Å². The number of imide groups is 1. The van der Waals surface area contributed by atoms with Gasteiger partial charge in [-0.15, -0.1) is 0 Å². The summed E-state index contributed by atoms with van der Waals surface area (Å²) in [5, 5.41) is 9.73. The minimum atomic E-state index is -4.48. The van der Waals surface area contributed by atoms with Gasteiger partial charge in [-0.05, 0) is 54.2 Å². The number of methoxy groups -OCH3 is 1. The van der Waals surface area contributed by atoms with E-state index in [1.165, 1.54) is 24.1 Å². The molecule has 1 saturated carbocycles. The Kier molecular flexibility index (Phi) is 9.90. The maximum atomic E-state index is 13.2. The third-order valence-corrected chi connectivity index (χ3v) is 7.74. The molecule has 0 spiro atoms. The fraction of sp³-hybridized carbons (Fsp3) is 0.500. The summed E-state index contributed by atoms with van der Waals surface area (Å²) >= 11 is 0. The molecule has 8 nitrogen and oxygen atoms in total. The number of ether oxygens (including phenoxy) is 2. The van der Waals surface area contributed by atoms with Gasteiger partial charge >= 0.3 is 12.1 Å². The third kappa shape index (κ3) is 8.00. The minimum Gasteiger partial charge on any atom is -0.493 e. The molecule has 11 heteroatoms. The largest absolute Gasteiger partial charge is 0.493 e. The normalized spacial score (nSPS) is 17.0. The van der Waals surface area contributed by atoms with Gasteiger partial charge in [-0.25, -0.2) is 0 Å². The van der Waals surface area contributed by atoms with E-state index in [4.69, 9.17) is 9.47 Å². The van der Waals surface area contributed by atoms with Crippen molar-refractivity contribution in [1.82, 2.24) is 9.80 Å². The van der Waals surface area contributed by atoms with E-state index in [-0.39, 0.29) is 44.2 Å². The molecule has 1 N–H and O–H groups in total. The minimum absolute atomic E-state index is 0.107. The number of amides is 2. The number of carbonyl (C=O) groups excluding carboxylic acids is 2. The van der Waals surface area contributed by atoms with Gasteiger partial charge in [0.1, 0.15) is 6.61 Å². The lowest BCUT2D eigenvalue weighted by molar-refractivity contribution is -0.140. The van der Waals surface area contributed by atoms with Crippen molar-refractivity contribution in [3.63, 3.8) is 0 Å². The van der Waals surface area contributed by atoms with Crippen molar-refractivity contribution in [3.05, 3.63) is 59.2 Å². The van der Waals surface area contributed by atoms with Gasteiger partial charge in [0, 0.05) is 32.0 Å². The molecule has 2 aromatic rings. The van der Waals surface area contributed by atoms with E-state index in [1.54, 1.807) is 12.1 Å². The molecular formula is C30H35F3N2O6. The monoisotopic (exact) mass is 576 g/mol. The lowest BCUT2D eigenvalue weighted by Crippen LogP contribution is -2.34. The molecule has 41 heavy (non-hydrogen) atoms. The number of nitrogens with zero attached hydrogens (tertiary/aromatic N) is 2. The second-order valence-corrected chi connectivity index (χ2v) is 10.6. The number of hydrogen-bond donors (Lipinski definition) is 1. The number of benzene rings is 2. The smallest absolute Gasteiger partial charge is 0.416 e. The highest BCUT2D eigenvalue weighted by molar-refractivity contribution is 6.01. The van der Waals surface area contributed by atoms with Crippen LogP contribution in [0.2, 0.25) is 0 Å². The van der Waals surface area contributed by atoms with E-state index in [2.05, 4.69) is 0 Å². The molecule has 1 saturated heterocycles. The third-order valence-electron chi connectivity index (χ3n) is 7.74. The second kappa shape index (κ2) is 13.4. The van der Waals surface area contributed by atoms with Gasteiger partial charge in [-0.2, -0.15) is 13.2 Å². The topological polar surface area (TPSA) is 96.4 Å². The molecule has 1 aliphatic carbocycles. The van der Waals surface area contributed by atoms with E-state index in [9.17, 15) is 32.7 Å². The van der Waals surface area contributed by atoms with Crippen LogP contribution in [-0.4, -0.2) is 59.5 Å². The van der Waals surface area contributed by atoms with E-state index in [1.807, 2.05) is 11.0 Å². The number of carbonyl (C=O) groups is 3. The Balaban J connectivity index is 1.54. The van der Waals surface area contributed by atoms with Gasteiger partial charge < -0.3 is 14.6 Å². The van der Waals surface area contributed by atoms with Crippen LogP contribution in [0, 0.1) is 5.92 Å². The lowest BCUT2D eigenvalue weighted by atomic mass is 9.97. The Bertz CT molecular complexity index is 1210. The number of alkyl halides is 3. The zero-order valence-corrected chi connectivity index (χ0v) is 23.0. The Morgan fingerprint density at radius 2 is 1.71 bits per heavy atom. The van der Waals surface area contributed by atoms with Crippen molar-refractivity contribution in [2.24, 2.45) is 5.92 Å². The average molecular weight is 577 g/mol. The van der Waals surface area contributed by atoms with Crippen molar-refractivity contribution in [3.8, 4) is 11.5 Å². The number of halogens is 3. The summed E-state index contributed by atoms with van der Waals surface area (Å²) in [6, 6.07) is 9.43. The first-order chi connectivity index (χ1) is 19.5. The predicted octanol–water partition coefficient (Wildman–Crippen LogP) is 5.45. The van der Waals surface area contributed by atoms with E-state index in [0.29, 0.717) is 36.1 Å². The van der Waals surface area contributed by atoms with Crippen molar-refractivity contribution in [2.45, 2.75) is 63.7 Å². The molecule has 0 bridgehead atoms. The molecule has 1 atom stereocenters. The van der Waals surface area contributed by atoms with Gasteiger partial charge in [-0.1, -0.05) is 31.0 Å². The quantitative estimate of drug-likeness (QED) is 0.317. The molecule has 2 aromatic carbocycles. The average Bonchev–Trinajstić information content (AvgIpc) is 3.56. The molecular weight excluding hydrogens is 541 g/mol. The lowest BCUT2D eigenvalue weighted by Gasteiger charge is -2.34. The van der Waals surface area contributed by atoms with Crippen molar-refractivity contribution >= 4 is 17.8 Å². The first-order valence-corrected chi connectivity index (χ1v) is 13.8. The zero-order valence-electron chi connectivity index (χ0n) is 23.0. The van der Waals surface area contributed by atoms with Crippen molar-refractivity contribution in [1.29, 1.82) is 0 Å². The highest BCUT2D eigenvalue weighted by Gasteiger charge is 2.32. The van der Waals surface area contributed by atoms with E-state index >= 15 is 0 Å². The molecule has 4 rings (SSSR count). The Labute approximate surface area is 237 Å². The summed E-state index contributed by atoms with van der Waals surface area (Å²) in [5.74, 6) is -0.238. The van der Waals surface area contributed by atoms with Crippen LogP contribution in [0.15, 0.2) is 42.5 Å². The number of rotatable bonds is 13. The molecule has 2 aliphatic rings. The van der Waals surface area contributed by atoms with Gasteiger partial charge in [0.05, 0.1) is 25.6 Å².